The van der Waals surface area contributed by atoms with E-state index in [4.69, 9.17) is 37.7 Å². The number of rotatable bonds is 12. The van der Waals surface area contributed by atoms with Crippen molar-refractivity contribution in [3.8, 4) is 0 Å². The van der Waals surface area contributed by atoms with Crippen LogP contribution in [0.1, 0.15) is 24.1 Å². The van der Waals surface area contributed by atoms with Gasteiger partial charge in [-0.25, -0.2) is 18.4 Å². The largest absolute Gasteiger partial charge is 0.499 e. The number of allylic oxidation sites excluding steroid dienone is 3. The van der Waals surface area contributed by atoms with E-state index in [0.717, 1.165) is 5.56 Å². The predicted molar refractivity (Wildman–Crippen MR) is 173 cm³/mol. The number of sulfone groups is 1. The van der Waals surface area contributed by atoms with E-state index in [-0.39, 0.29) is 24.0 Å². The second kappa shape index (κ2) is 13.7. The van der Waals surface area contributed by atoms with Gasteiger partial charge in [0.25, 0.3) is 0 Å². The topological polar surface area (TPSA) is 132 Å². The van der Waals surface area contributed by atoms with Crippen molar-refractivity contribution in [1.29, 1.82) is 0 Å². The zero-order chi connectivity index (χ0) is 31.3. The summed E-state index contributed by atoms with van der Waals surface area (Å²) < 4.78 is 35.4. The highest BCUT2D eigenvalue weighted by atomic mass is 35.5. The minimum atomic E-state index is -3.23. The van der Waals surface area contributed by atoms with E-state index in [9.17, 15) is 13.2 Å². The number of aromatic nitrogens is 2. The molecule has 1 amide bonds. The summed E-state index contributed by atoms with van der Waals surface area (Å²) in [6, 6.07) is 9.14. The highest BCUT2D eigenvalue weighted by Gasteiger charge is 2.36. The van der Waals surface area contributed by atoms with Crippen LogP contribution in [-0.4, -0.2) is 61.9 Å². The molecule has 3 aromatic rings. The molecular formula is C30H33Cl2N5O5S. The van der Waals surface area contributed by atoms with Crippen molar-refractivity contribution in [2.75, 3.05) is 48.2 Å². The van der Waals surface area contributed by atoms with Crippen LogP contribution in [0.5, 0.6) is 0 Å². The highest BCUT2D eigenvalue weighted by Crippen LogP contribution is 2.43. The Morgan fingerprint density at radius 3 is 2.65 bits per heavy atom. The Bertz CT molecular complexity index is 1730. The SMILES string of the molecule is C=CC(=O)Nc1cccc(C)c1Nc1cc2c(NCCS(=O)(=O)CC)nc(C3C(Cl)=C(OC)C=C(OC)C3Cl)cc2cn1. The number of aryl methyl sites for hydroxylation is 1. The molecule has 228 valence electrons. The average Bonchev–Trinajstić information content (AvgIpc) is 2.99. The van der Waals surface area contributed by atoms with Gasteiger partial charge < -0.3 is 25.4 Å². The lowest BCUT2D eigenvalue weighted by Gasteiger charge is -2.28. The maximum atomic E-state index is 12.2. The van der Waals surface area contributed by atoms with Crippen LogP contribution in [0.4, 0.5) is 23.0 Å². The number of pyridine rings is 2. The number of alkyl halides is 1. The maximum Gasteiger partial charge on any atom is 0.247 e. The van der Waals surface area contributed by atoms with Crippen molar-refractivity contribution in [2.45, 2.75) is 25.1 Å². The number of ether oxygens (including phenoxy) is 2. The summed E-state index contributed by atoms with van der Waals surface area (Å²) in [7, 11) is -0.212. The molecule has 13 heteroatoms. The third kappa shape index (κ3) is 7.23. The number of hydrogen-bond acceptors (Lipinski definition) is 9. The van der Waals surface area contributed by atoms with E-state index in [2.05, 4.69) is 27.5 Å². The standard InChI is InChI=1S/C30H33Cl2N5O5S/c1-6-25(38)35-20-10-8-9-17(3)29(20)37-24-14-19-18(16-34-24)13-21(36-30(19)33-11-12-43(39,40)7-2)26-27(31)22(41-4)15-23(42-5)28(26)32/h6,8-10,13-16,26-27H,1,7,11-12H2,2-5H3,(H,33,36)(H,34,37)(H,35,38). The second-order valence-corrected chi connectivity index (χ2v) is 13.1. The van der Waals surface area contributed by atoms with Crippen molar-refractivity contribution in [1.82, 2.24) is 9.97 Å². The molecular weight excluding hydrogens is 613 g/mol. The Hall–Kier alpha value is -3.80. The van der Waals surface area contributed by atoms with E-state index < -0.39 is 21.1 Å². The number of fused-ring (bicyclic) bond motifs is 1. The molecule has 0 bridgehead atoms. The molecule has 0 radical (unpaired) electrons. The molecule has 2 atom stereocenters. The van der Waals surface area contributed by atoms with Crippen molar-refractivity contribution in [2.24, 2.45) is 0 Å². The zero-order valence-corrected chi connectivity index (χ0v) is 26.5. The summed E-state index contributed by atoms with van der Waals surface area (Å²) in [6.45, 7) is 7.16. The van der Waals surface area contributed by atoms with Gasteiger partial charge in [-0.3, -0.25) is 4.79 Å². The lowest BCUT2D eigenvalue weighted by Crippen LogP contribution is -2.24. The van der Waals surface area contributed by atoms with Crippen LogP contribution >= 0.6 is 23.2 Å². The van der Waals surface area contributed by atoms with Crippen molar-refractivity contribution in [3.05, 3.63) is 83.1 Å². The van der Waals surface area contributed by atoms with Gasteiger partial charge in [-0.2, -0.15) is 0 Å². The number of nitrogens with zero attached hydrogens (tertiary/aromatic N) is 2. The minimum absolute atomic E-state index is 0.0321. The first-order valence-electron chi connectivity index (χ1n) is 13.4. The monoisotopic (exact) mass is 645 g/mol. The number of amides is 1. The van der Waals surface area contributed by atoms with E-state index in [1.807, 2.05) is 25.1 Å². The number of halogens is 2. The fourth-order valence-corrected chi connectivity index (χ4v) is 6.12. The number of anilines is 4. The van der Waals surface area contributed by atoms with Crippen molar-refractivity contribution in [3.63, 3.8) is 0 Å². The van der Waals surface area contributed by atoms with E-state index in [0.29, 0.717) is 56.0 Å². The summed E-state index contributed by atoms with van der Waals surface area (Å²) >= 11 is 13.6. The molecule has 0 fully saturated rings. The Labute approximate surface area is 261 Å². The van der Waals surface area contributed by atoms with E-state index in [1.54, 1.807) is 31.3 Å². The molecule has 1 aromatic carbocycles. The summed E-state index contributed by atoms with van der Waals surface area (Å²) in [6.07, 6.45) is 4.51. The quantitative estimate of drug-likeness (QED) is 0.161. The molecule has 4 rings (SSSR count). The van der Waals surface area contributed by atoms with Crippen LogP contribution in [0, 0.1) is 6.92 Å². The van der Waals surface area contributed by atoms with Crippen LogP contribution in [0.15, 0.2) is 71.8 Å². The van der Waals surface area contributed by atoms with Gasteiger partial charge in [0.05, 0.1) is 48.0 Å². The molecule has 0 saturated heterocycles. The molecule has 2 heterocycles. The van der Waals surface area contributed by atoms with Crippen LogP contribution in [0.3, 0.4) is 0 Å². The lowest BCUT2D eigenvalue weighted by molar-refractivity contribution is -0.111. The van der Waals surface area contributed by atoms with Gasteiger partial charge in [0.15, 0.2) is 9.84 Å². The third-order valence-corrected chi connectivity index (χ3v) is 9.56. The first-order chi connectivity index (χ1) is 20.5. The Morgan fingerprint density at radius 1 is 1.21 bits per heavy atom. The molecule has 1 aliphatic rings. The predicted octanol–water partition coefficient (Wildman–Crippen LogP) is 5.98. The lowest BCUT2D eigenvalue weighted by atomic mass is 9.92. The first kappa shape index (κ1) is 32.1. The fourth-order valence-electron chi connectivity index (χ4n) is 4.58. The van der Waals surface area contributed by atoms with Crippen LogP contribution in [0.2, 0.25) is 0 Å². The van der Waals surface area contributed by atoms with Gasteiger partial charge >= 0.3 is 0 Å². The number of para-hydroxylation sites is 1. The van der Waals surface area contributed by atoms with Crippen molar-refractivity contribution >= 4 is 72.7 Å². The van der Waals surface area contributed by atoms with Gasteiger partial charge in [0, 0.05) is 35.3 Å². The molecule has 0 spiro atoms. The van der Waals surface area contributed by atoms with Gasteiger partial charge in [0.2, 0.25) is 5.91 Å². The van der Waals surface area contributed by atoms with Crippen LogP contribution in [-0.2, 0) is 24.1 Å². The maximum absolute atomic E-state index is 12.2. The van der Waals surface area contributed by atoms with Gasteiger partial charge in [-0.15, -0.1) is 11.6 Å². The second-order valence-electron chi connectivity index (χ2n) is 9.71. The number of methoxy groups -OCH3 is 2. The van der Waals surface area contributed by atoms with E-state index >= 15 is 0 Å². The zero-order valence-electron chi connectivity index (χ0n) is 24.2. The number of carbonyl (C=O) groups excluding carboxylic acids is 1. The molecule has 0 aliphatic heterocycles. The number of carbonyl (C=O) groups is 1. The number of nitrogens with one attached hydrogen (secondary N) is 3. The summed E-state index contributed by atoms with van der Waals surface area (Å²) in [5.74, 6) is 0.779. The third-order valence-electron chi connectivity index (χ3n) is 6.97. The summed E-state index contributed by atoms with van der Waals surface area (Å²) in [4.78, 5) is 21.5. The highest BCUT2D eigenvalue weighted by molar-refractivity contribution is 7.91. The molecule has 43 heavy (non-hydrogen) atoms. The first-order valence-corrected chi connectivity index (χ1v) is 16.0. The average molecular weight is 647 g/mol. The molecule has 1 aliphatic carbocycles. The number of hydrogen-bond donors (Lipinski definition) is 3. The van der Waals surface area contributed by atoms with Gasteiger partial charge in [0.1, 0.15) is 28.5 Å². The van der Waals surface area contributed by atoms with Crippen LogP contribution < -0.4 is 16.0 Å². The number of benzene rings is 1. The van der Waals surface area contributed by atoms with E-state index in [1.165, 1.54) is 20.3 Å². The minimum Gasteiger partial charge on any atom is -0.499 e. The van der Waals surface area contributed by atoms with Crippen LogP contribution in [0.25, 0.3) is 10.8 Å². The van der Waals surface area contributed by atoms with Gasteiger partial charge in [-0.05, 0) is 36.8 Å². The summed E-state index contributed by atoms with van der Waals surface area (Å²) in [5, 5.41) is 10.4. The fraction of sp³-hybridized carbons (Fsp3) is 0.300. The normalized spacial score (nSPS) is 16.8. The molecule has 2 unspecified atom stereocenters. The Balaban J connectivity index is 1.80. The summed E-state index contributed by atoms with van der Waals surface area (Å²) in [5.41, 5.74) is 2.62. The molecule has 2 aromatic heterocycles. The molecule has 0 saturated carbocycles. The Morgan fingerprint density at radius 2 is 1.98 bits per heavy atom. The van der Waals surface area contributed by atoms with Crippen molar-refractivity contribution < 1.29 is 22.7 Å². The molecule has 3 N–H and O–H groups in total. The molecule has 10 nitrogen and oxygen atoms in total. The Kier molecular flexibility index (Phi) is 10.2. The van der Waals surface area contributed by atoms with Gasteiger partial charge in [-0.1, -0.05) is 37.2 Å². The smallest absolute Gasteiger partial charge is 0.247 e.